The number of aromatic nitrogens is 5. The molecule has 0 unspecified atom stereocenters. The van der Waals surface area contributed by atoms with E-state index in [0.717, 1.165) is 65.6 Å². The zero-order chi connectivity index (χ0) is 59.1. The van der Waals surface area contributed by atoms with Gasteiger partial charge in [-0.25, -0.2) is 0 Å². The van der Waals surface area contributed by atoms with Gasteiger partial charge in [-0.15, -0.1) is 0 Å². The van der Waals surface area contributed by atoms with Crippen LogP contribution in [-0.2, 0) is 75.1 Å². The molecule has 0 saturated heterocycles. The molecule has 10 aromatic rings. The first-order chi connectivity index (χ1) is 41.5. The molecule has 21 nitrogen and oxygen atoms in total. The normalized spacial score (nSPS) is 13.4. The molecule has 5 atom stereocenters. The molecular formula is C64H70N12O9. The number of primary amides is 1. The number of amides is 6. The third-order valence-electron chi connectivity index (χ3n) is 15.2. The van der Waals surface area contributed by atoms with E-state index in [2.05, 4.69) is 51.5 Å². The Morgan fingerprint density at radius 2 is 0.612 bits per heavy atom. The van der Waals surface area contributed by atoms with Gasteiger partial charge < -0.3 is 77.2 Å². The summed E-state index contributed by atoms with van der Waals surface area (Å²) < 4.78 is 16.6. The number of H-pyrrole nitrogens is 5. The zero-order valence-electron chi connectivity index (χ0n) is 46.8. The van der Waals surface area contributed by atoms with Crippen LogP contribution in [0.25, 0.3) is 54.5 Å². The van der Waals surface area contributed by atoms with Crippen LogP contribution in [-0.4, -0.2) is 137 Å². The lowest BCUT2D eigenvalue weighted by Gasteiger charge is -2.27. The van der Waals surface area contributed by atoms with E-state index in [-0.39, 0.29) is 58.3 Å². The molecule has 5 heterocycles. The first kappa shape index (κ1) is 58.6. The molecule has 0 aliphatic carbocycles. The highest BCUT2D eigenvalue weighted by Crippen LogP contribution is 2.25. The van der Waals surface area contributed by atoms with Crippen molar-refractivity contribution in [2.75, 3.05) is 46.2 Å². The molecule has 21 heteroatoms. The molecule has 0 fully saturated rings. The van der Waals surface area contributed by atoms with E-state index in [4.69, 9.17) is 25.7 Å². The molecule has 0 spiro atoms. The van der Waals surface area contributed by atoms with Crippen molar-refractivity contribution in [1.29, 1.82) is 0 Å². The van der Waals surface area contributed by atoms with Gasteiger partial charge in [-0.3, -0.25) is 28.8 Å². The lowest BCUT2D eigenvalue weighted by molar-refractivity contribution is -0.135. The van der Waals surface area contributed by atoms with Crippen LogP contribution < -0.4 is 38.1 Å². The summed E-state index contributed by atoms with van der Waals surface area (Å²) >= 11 is 0. The molecule has 0 aliphatic heterocycles. The number of ether oxygens (including phenoxy) is 3. The molecular weight excluding hydrogens is 1080 g/mol. The second kappa shape index (κ2) is 28.2. The summed E-state index contributed by atoms with van der Waals surface area (Å²) in [4.78, 5) is 104. The summed E-state index contributed by atoms with van der Waals surface area (Å²) in [5, 5.41) is 18.8. The van der Waals surface area contributed by atoms with Gasteiger partial charge in [0.2, 0.25) is 35.4 Å². The van der Waals surface area contributed by atoms with Crippen LogP contribution in [0.1, 0.15) is 34.2 Å². The summed E-state index contributed by atoms with van der Waals surface area (Å²) in [6.45, 7) is 2.18. The molecule has 0 radical (unpaired) electrons. The highest BCUT2D eigenvalue weighted by Gasteiger charge is 2.34. The van der Waals surface area contributed by atoms with Crippen LogP contribution in [0.2, 0.25) is 0 Å². The lowest BCUT2D eigenvalue weighted by Crippen LogP contribution is -2.60. The molecule has 5 aromatic heterocycles. The third kappa shape index (κ3) is 14.8. The second-order valence-corrected chi connectivity index (χ2v) is 21.0. The Balaban J connectivity index is 0.933. The fourth-order valence-corrected chi connectivity index (χ4v) is 10.8. The second-order valence-electron chi connectivity index (χ2n) is 21.0. The Bertz CT molecular complexity index is 3930. The molecule has 0 aliphatic rings. The van der Waals surface area contributed by atoms with Crippen LogP contribution in [0.4, 0.5) is 0 Å². The number of carbonyl (C=O) groups is 6. The van der Waals surface area contributed by atoms with E-state index in [1.807, 2.05) is 121 Å². The average Bonchev–Trinajstić information content (AvgIpc) is 4.60. The number of rotatable bonds is 31. The van der Waals surface area contributed by atoms with Gasteiger partial charge in [0.05, 0.1) is 39.6 Å². The minimum atomic E-state index is -1.36. The van der Waals surface area contributed by atoms with E-state index in [0.29, 0.717) is 43.1 Å². The van der Waals surface area contributed by atoms with Crippen molar-refractivity contribution in [3.63, 3.8) is 0 Å². The summed E-state index contributed by atoms with van der Waals surface area (Å²) in [6, 6.07) is 31.4. The number of hydrogen-bond donors (Lipinski definition) is 12. The molecule has 5 aromatic carbocycles. The molecule has 14 N–H and O–H groups in total. The number of fused-ring (bicyclic) bond motifs is 5. The number of benzene rings is 5. The lowest BCUT2D eigenvalue weighted by atomic mass is 9.99. The highest BCUT2D eigenvalue weighted by molar-refractivity contribution is 5.99. The Kier molecular flexibility index (Phi) is 19.4. The average molecular weight is 1150 g/mol. The minimum absolute atomic E-state index is 0.0248. The standard InChI is InChI=1S/C64H70N12O9/c65-22-24-84-26-28-85-27-25-83-23-21-59(77)72-55(30-40-35-68-50-17-7-2-12-45(40)50)61(79)74-57(32-42-37-70-52-19-9-4-14-47(42)52)63(81)76-58(33-43-38-71-53-20-10-5-15-48(43)53)64(82)75-56(31-41-36-69-51-18-8-3-13-46(41)51)62(80)73-54(60(66)78)29-39-34-67-49-16-6-1-11-44(39)49/h1-20,34-38,54-58,67-71H,21-33,65H2,(H2,66,78)(H,72,77)(H,73,80)(H,74,79)(H,75,82)(H,76,81)/t54-,55-,56+,57+,58-/m1/s1. The quantitative estimate of drug-likeness (QED) is 0.0261. The van der Waals surface area contributed by atoms with E-state index >= 15 is 14.4 Å². The van der Waals surface area contributed by atoms with Crippen LogP contribution in [0.3, 0.4) is 0 Å². The first-order valence-corrected chi connectivity index (χ1v) is 28.5. The Hall–Kier alpha value is -9.54. The van der Waals surface area contributed by atoms with Gasteiger partial charge >= 0.3 is 0 Å². The Labute approximate surface area is 489 Å². The molecule has 6 amide bonds. The SMILES string of the molecule is NCCOCCOCCOCCC(=O)N[C@H](Cc1c[nH]c2ccccc12)C(=O)N[C@@H](Cc1c[nH]c2ccccc12)C(=O)N[C@H](Cc1c[nH]c2ccccc12)C(=O)N[C@@H](Cc1c[nH]c2ccccc12)C(=O)N[C@H](Cc1c[nH]c2ccccc12)C(N)=O. The van der Waals surface area contributed by atoms with E-state index in [1.54, 1.807) is 31.0 Å². The predicted octanol–water partition coefficient (Wildman–Crippen LogP) is 4.91. The number of nitrogens with one attached hydrogen (secondary N) is 10. The topological polar surface area (TPSA) is 321 Å². The summed E-state index contributed by atoms with van der Waals surface area (Å²) in [5.74, 6) is -4.03. The number of carbonyl (C=O) groups excluding carboxylic acids is 6. The smallest absolute Gasteiger partial charge is 0.243 e. The van der Waals surface area contributed by atoms with Crippen LogP contribution >= 0.6 is 0 Å². The summed E-state index contributed by atoms with van der Waals surface area (Å²) in [7, 11) is 0. The maximum Gasteiger partial charge on any atom is 0.243 e. The van der Waals surface area contributed by atoms with Crippen molar-refractivity contribution in [3.8, 4) is 0 Å². The van der Waals surface area contributed by atoms with Gasteiger partial charge in [0.15, 0.2) is 0 Å². The minimum Gasteiger partial charge on any atom is -0.379 e. The van der Waals surface area contributed by atoms with Gasteiger partial charge in [0.25, 0.3) is 0 Å². The molecule has 0 bridgehead atoms. The van der Waals surface area contributed by atoms with Crippen LogP contribution in [0.15, 0.2) is 152 Å². The number of nitrogens with two attached hydrogens (primary N) is 2. The predicted molar refractivity (Wildman–Crippen MR) is 325 cm³/mol. The third-order valence-corrected chi connectivity index (χ3v) is 15.2. The number of aromatic amines is 5. The summed E-state index contributed by atoms with van der Waals surface area (Å²) in [6.07, 6.45) is 8.77. The van der Waals surface area contributed by atoms with E-state index in [1.165, 1.54) is 0 Å². The van der Waals surface area contributed by atoms with Gasteiger partial charge in [-0.05, 0) is 58.1 Å². The number of para-hydroxylation sites is 5. The fourth-order valence-electron chi connectivity index (χ4n) is 10.8. The number of hydrogen-bond acceptors (Lipinski definition) is 10. The van der Waals surface area contributed by atoms with Gasteiger partial charge in [0, 0.05) is 131 Å². The molecule has 85 heavy (non-hydrogen) atoms. The fraction of sp³-hybridized carbons (Fsp3) is 0.281. The zero-order valence-corrected chi connectivity index (χ0v) is 46.8. The maximum absolute atomic E-state index is 15.4. The monoisotopic (exact) mass is 1150 g/mol. The first-order valence-electron chi connectivity index (χ1n) is 28.5. The van der Waals surface area contributed by atoms with Crippen molar-refractivity contribution in [1.82, 2.24) is 51.5 Å². The van der Waals surface area contributed by atoms with E-state index in [9.17, 15) is 14.4 Å². The van der Waals surface area contributed by atoms with Gasteiger partial charge in [0.1, 0.15) is 30.2 Å². The van der Waals surface area contributed by atoms with Crippen molar-refractivity contribution in [3.05, 3.63) is 180 Å². The molecule has 440 valence electrons. The van der Waals surface area contributed by atoms with Gasteiger partial charge in [-0.1, -0.05) is 91.0 Å². The van der Waals surface area contributed by atoms with Crippen molar-refractivity contribution in [2.45, 2.75) is 68.7 Å². The molecule has 10 rings (SSSR count). The largest absolute Gasteiger partial charge is 0.379 e. The summed E-state index contributed by atoms with van der Waals surface area (Å²) in [5.41, 5.74) is 19.1. The Morgan fingerprint density at radius 1 is 0.353 bits per heavy atom. The van der Waals surface area contributed by atoms with Crippen LogP contribution in [0, 0.1) is 0 Å². The van der Waals surface area contributed by atoms with Crippen molar-refractivity contribution >= 4 is 90.0 Å². The van der Waals surface area contributed by atoms with E-state index < -0.39 is 65.7 Å². The molecule has 0 saturated carbocycles. The maximum atomic E-state index is 15.4. The Morgan fingerprint density at radius 3 is 0.918 bits per heavy atom. The van der Waals surface area contributed by atoms with Gasteiger partial charge in [-0.2, -0.15) is 0 Å². The van der Waals surface area contributed by atoms with Crippen molar-refractivity contribution < 1.29 is 43.0 Å². The van der Waals surface area contributed by atoms with Crippen molar-refractivity contribution in [2.24, 2.45) is 11.5 Å². The highest BCUT2D eigenvalue weighted by atomic mass is 16.5. The van der Waals surface area contributed by atoms with Crippen LogP contribution in [0.5, 0.6) is 0 Å².